The van der Waals surface area contributed by atoms with Crippen molar-refractivity contribution in [3.8, 4) is 0 Å². The van der Waals surface area contributed by atoms with E-state index in [0.29, 0.717) is 13.2 Å². The summed E-state index contributed by atoms with van der Waals surface area (Å²) in [6.07, 6.45) is 29.5. The zero-order chi connectivity index (χ0) is 22.1. The van der Waals surface area contributed by atoms with Gasteiger partial charge in [-0.2, -0.15) is 0 Å². The van der Waals surface area contributed by atoms with E-state index in [9.17, 15) is 0 Å². The van der Waals surface area contributed by atoms with Crippen molar-refractivity contribution in [2.24, 2.45) is 0 Å². The molecule has 3 N–H and O–H groups in total. The minimum absolute atomic E-state index is 0. The SMILES string of the molecule is C[NH+](C)C(CCCCCCCCCCCCO)CCCCCCCCCCCCO.[Cl-]. The third-order valence-electron chi connectivity index (χ3n) is 6.74. The number of rotatable bonds is 25. The van der Waals surface area contributed by atoms with Crippen molar-refractivity contribution < 1.29 is 27.5 Å². The standard InChI is InChI=1S/C27H57NO2.ClH/c1-28(2)27(23-19-15-11-7-3-5-9-13-17-21-25-29)24-20-16-12-8-4-6-10-14-18-22-26-30;/h27,29-30H,3-26H2,1-2H3;1H. The Bertz CT molecular complexity index is 290. The van der Waals surface area contributed by atoms with Crippen LogP contribution in [0.4, 0.5) is 0 Å². The van der Waals surface area contributed by atoms with Gasteiger partial charge in [0.1, 0.15) is 0 Å². The van der Waals surface area contributed by atoms with Gasteiger partial charge in [-0.1, -0.05) is 103 Å². The van der Waals surface area contributed by atoms with E-state index in [-0.39, 0.29) is 12.4 Å². The first-order chi connectivity index (χ1) is 14.7. The van der Waals surface area contributed by atoms with Crippen molar-refractivity contribution in [3.63, 3.8) is 0 Å². The Morgan fingerprint density at radius 1 is 0.419 bits per heavy atom. The average Bonchev–Trinajstić information content (AvgIpc) is 2.74. The number of nitrogens with one attached hydrogen (secondary N) is 1. The molecule has 0 aromatic carbocycles. The molecule has 0 atom stereocenters. The van der Waals surface area contributed by atoms with E-state index < -0.39 is 0 Å². The Balaban J connectivity index is 0. The summed E-state index contributed by atoms with van der Waals surface area (Å²) in [5, 5.41) is 17.6. The molecule has 0 spiro atoms. The normalized spacial score (nSPS) is 11.4. The summed E-state index contributed by atoms with van der Waals surface area (Å²) in [5.41, 5.74) is 0. The van der Waals surface area contributed by atoms with Gasteiger partial charge in [-0.25, -0.2) is 0 Å². The molecule has 190 valence electrons. The maximum absolute atomic E-state index is 8.78. The summed E-state index contributed by atoms with van der Waals surface area (Å²) in [7, 11) is 4.69. The van der Waals surface area contributed by atoms with E-state index in [1.165, 1.54) is 128 Å². The lowest BCUT2D eigenvalue weighted by Gasteiger charge is -2.21. The van der Waals surface area contributed by atoms with Crippen LogP contribution in [-0.2, 0) is 0 Å². The van der Waals surface area contributed by atoms with Crippen LogP contribution in [0.25, 0.3) is 0 Å². The first-order valence-corrected chi connectivity index (χ1v) is 13.7. The largest absolute Gasteiger partial charge is 1.00 e. The fourth-order valence-electron chi connectivity index (χ4n) is 4.56. The lowest BCUT2D eigenvalue weighted by molar-refractivity contribution is -0.886. The van der Waals surface area contributed by atoms with Crippen molar-refractivity contribution >= 4 is 0 Å². The van der Waals surface area contributed by atoms with Gasteiger partial charge in [0, 0.05) is 13.2 Å². The highest BCUT2D eigenvalue weighted by Crippen LogP contribution is 2.15. The summed E-state index contributed by atoms with van der Waals surface area (Å²) >= 11 is 0. The number of aliphatic hydroxyl groups is 2. The first kappa shape index (κ1) is 33.3. The summed E-state index contributed by atoms with van der Waals surface area (Å²) in [4.78, 5) is 1.65. The van der Waals surface area contributed by atoms with E-state index >= 15 is 0 Å². The van der Waals surface area contributed by atoms with Crippen molar-refractivity contribution in [1.82, 2.24) is 0 Å². The van der Waals surface area contributed by atoms with Crippen LogP contribution in [0.5, 0.6) is 0 Å². The molecular weight excluding hydrogens is 406 g/mol. The molecule has 0 heterocycles. The number of halogens is 1. The molecule has 0 aliphatic carbocycles. The monoisotopic (exact) mass is 463 g/mol. The van der Waals surface area contributed by atoms with Gasteiger partial charge in [0.2, 0.25) is 0 Å². The molecule has 0 aromatic heterocycles. The van der Waals surface area contributed by atoms with Crippen LogP contribution in [0.2, 0.25) is 0 Å². The highest BCUT2D eigenvalue weighted by molar-refractivity contribution is 4.58. The zero-order valence-electron chi connectivity index (χ0n) is 21.3. The number of hydrogen-bond donors (Lipinski definition) is 3. The van der Waals surface area contributed by atoms with Gasteiger partial charge in [0.05, 0.1) is 20.1 Å². The molecule has 0 radical (unpaired) electrons. The van der Waals surface area contributed by atoms with Crippen LogP contribution in [0.15, 0.2) is 0 Å². The van der Waals surface area contributed by atoms with Crippen LogP contribution < -0.4 is 17.3 Å². The molecule has 0 bridgehead atoms. The lowest BCUT2D eigenvalue weighted by atomic mass is 9.99. The van der Waals surface area contributed by atoms with E-state index in [4.69, 9.17) is 10.2 Å². The van der Waals surface area contributed by atoms with Gasteiger partial charge < -0.3 is 27.5 Å². The third kappa shape index (κ3) is 26.3. The molecule has 0 amide bonds. The smallest absolute Gasteiger partial charge is 0.0870 e. The minimum atomic E-state index is 0. The second-order valence-electron chi connectivity index (χ2n) is 9.87. The van der Waals surface area contributed by atoms with Gasteiger partial charge in [0.15, 0.2) is 0 Å². The predicted octanol–water partition coefficient (Wildman–Crippen LogP) is 3.07. The van der Waals surface area contributed by atoms with E-state index in [1.54, 1.807) is 4.90 Å². The number of unbranched alkanes of at least 4 members (excludes halogenated alkanes) is 18. The second kappa shape index (κ2) is 28.2. The Labute approximate surface area is 202 Å². The summed E-state index contributed by atoms with van der Waals surface area (Å²) in [6, 6.07) is 0.864. The molecule has 0 fully saturated rings. The summed E-state index contributed by atoms with van der Waals surface area (Å²) in [6.45, 7) is 0.728. The van der Waals surface area contributed by atoms with E-state index in [2.05, 4.69) is 14.1 Å². The molecule has 0 saturated carbocycles. The van der Waals surface area contributed by atoms with Crippen molar-refractivity contribution in [3.05, 3.63) is 0 Å². The van der Waals surface area contributed by atoms with Crippen molar-refractivity contribution in [2.45, 2.75) is 147 Å². The maximum Gasteiger partial charge on any atom is 0.0870 e. The highest BCUT2D eigenvalue weighted by atomic mass is 35.5. The molecule has 3 nitrogen and oxygen atoms in total. The molecule has 0 aliphatic rings. The van der Waals surface area contributed by atoms with Gasteiger partial charge in [-0.15, -0.1) is 0 Å². The van der Waals surface area contributed by atoms with E-state index in [1.807, 2.05) is 0 Å². The molecule has 4 heteroatoms. The maximum atomic E-state index is 8.78. The van der Waals surface area contributed by atoms with Gasteiger partial charge in [-0.3, -0.25) is 0 Å². The lowest BCUT2D eigenvalue weighted by Crippen LogP contribution is -3.10. The van der Waals surface area contributed by atoms with Gasteiger partial charge in [-0.05, 0) is 38.5 Å². The van der Waals surface area contributed by atoms with E-state index in [0.717, 1.165) is 18.9 Å². The number of quaternary nitrogens is 1. The third-order valence-corrected chi connectivity index (χ3v) is 6.74. The Morgan fingerprint density at radius 2 is 0.645 bits per heavy atom. The molecular formula is C27H58ClNO2. The first-order valence-electron chi connectivity index (χ1n) is 13.7. The Morgan fingerprint density at radius 3 is 0.871 bits per heavy atom. The van der Waals surface area contributed by atoms with Crippen LogP contribution in [0.1, 0.15) is 141 Å². The molecule has 0 unspecified atom stereocenters. The predicted molar refractivity (Wildman–Crippen MR) is 132 cm³/mol. The topological polar surface area (TPSA) is 44.9 Å². The van der Waals surface area contributed by atoms with Crippen LogP contribution in [0.3, 0.4) is 0 Å². The van der Waals surface area contributed by atoms with Gasteiger partial charge >= 0.3 is 0 Å². The minimum Gasteiger partial charge on any atom is -1.00 e. The molecule has 31 heavy (non-hydrogen) atoms. The van der Waals surface area contributed by atoms with Crippen LogP contribution in [0, 0.1) is 0 Å². The Kier molecular flexibility index (Phi) is 30.3. The average molecular weight is 464 g/mol. The molecule has 0 aliphatic heterocycles. The van der Waals surface area contributed by atoms with Gasteiger partial charge in [0.25, 0.3) is 0 Å². The molecule has 0 saturated heterocycles. The molecule has 0 rings (SSSR count). The zero-order valence-corrected chi connectivity index (χ0v) is 22.1. The number of hydrogen-bond acceptors (Lipinski definition) is 2. The van der Waals surface area contributed by atoms with Crippen molar-refractivity contribution in [2.75, 3.05) is 27.3 Å². The van der Waals surface area contributed by atoms with Crippen molar-refractivity contribution in [1.29, 1.82) is 0 Å². The quantitative estimate of drug-likeness (QED) is 0.182. The van der Waals surface area contributed by atoms with Crippen LogP contribution in [-0.4, -0.2) is 43.6 Å². The van der Waals surface area contributed by atoms with Crippen LogP contribution >= 0.6 is 0 Å². The highest BCUT2D eigenvalue weighted by Gasteiger charge is 2.13. The fraction of sp³-hybridized carbons (Fsp3) is 1.00. The summed E-state index contributed by atoms with van der Waals surface area (Å²) < 4.78 is 0. The summed E-state index contributed by atoms with van der Waals surface area (Å²) in [5.74, 6) is 0. The fourth-order valence-corrected chi connectivity index (χ4v) is 4.56. The number of aliphatic hydroxyl groups excluding tert-OH is 2. The Hall–Kier alpha value is 0.170. The molecule has 0 aromatic rings. The second-order valence-corrected chi connectivity index (χ2v) is 9.87.